The van der Waals surface area contributed by atoms with Gasteiger partial charge in [-0.2, -0.15) is 13.2 Å². The monoisotopic (exact) mass is 373 g/mol. The maximum Gasteiger partial charge on any atom is 0.391 e. The summed E-state index contributed by atoms with van der Waals surface area (Å²) in [4.78, 5) is 25.5. The number of benzene rings is 1. The third-order valence-electron chi connectivity index (χ3n) is 5.43. The molecule has 0 bridgehead atoms. The highest BCUT2D eigenvalue weighted by atomic mass is 35.5. The summed E-state index contributed by atoms with van der Waals surface area (Å²) < 4.78 is 38.7. The van der Waals surface area contributed by atoms with Crippen LogP contribution in [0.1, 0.15) is 48.3 Å². The zero-order chi connectivity index (χ0) is 18.6. The minimum Gasteiger partial charge on any atom is -0.343 e. The summed E-state index contributed by atoms with van der Waals surface area (Å²) in [5, 5.41) is 3.03. The Labute approximate surface area is 148 Å². The third-order valence-corrected chi connectivity index (χ3v) is 5.74. The van der Waals surface area contributed by atoms with Gasteiger partial charge in [0, 0.05) is 5.02 Å². The topological polar surface area (TPSA) is 46.2 Å². The molecule has 1 spiro atoms. The van der Waals surface area contributed by atoms with Gasteiger partial charge in [0.05, 0.1) is 11.5 Å². The predicted molar refractivity (Wildman–Crippen MR) is 87.6 cm³/mol. The van der Waals surface area contributed by atoms with Crippen molar-refractivity contribution in [2.75, 3.05) is 0 Å². The molecule has 0 aromatic heterocycles. The Bertz CT molecular complexity index is 713. The Morgan fingerprint density at radius 3 is 2.28 bits per heavy atom. The zero-order valence-electron chi connectivity index (χ0n) is 14.0. The number of ketones is 1. The lowest BCUT2D eigenvalue weighted by Gasteiger charge is -2.36. The van der Waals surface area contributed by atoms with E-state index in [0.29, 0.717) is 10.6 Å². The van der Waals surface area contributed by atoms with Gasteiger partial charge < -0.3 is 5.32 Å². The molecule has 2 fully saturated rings. The maximum atomic E-state index is 13.0. The molecular formula is C18H19ClF3NO2. The van der Waals surface area contributed by atoms with Gasteiger partial charge in [0.2, 0.25) is 5.91 Å². The third kappa shape index (κ3) is 3.05. The molecule has 1 saturated carbocycles. The average molecular weight is 374 g/mol. The minimum atomic E-state index is -4.26. The molecule has 1 aromatic rings. The van der Waals surface area contributed by atoms with E-state index in [4.69, 9.17) is 11.6 Å². The molecule has 1 saturated heterocycles. The number of carbonyl (C=O) groups is 2. The molecule has 7 heteroatoms. The summed E-state index contributed by atoms with van der Waals surface area (Å²) in [6.07, 6.45) is -4.53. The summed E-state index contributed by atoms with van der Waals surface area (Å²) in [5.41, 5.74) is 0.922. The van der Waals surface area contributed by atoms with Crippen molar-refractivity contribution in [3.63, 3.8) is 0 Å². The fourth-order valence-corrected chi connectivity index (χ4v) is 4.56. The Morgan fingerprint density at radius 1 is 1.16 bits per heavy atom. The quantitative estimate of drug-likeness (QED) is 0.749. The lowest BCUT2D eigenvalue weighted by atomic mass is 9.72. The molecule has 1 heterocycles. The molecule has 1 unspecified atom stereocenters. The lowest BCUT2D eigenvalue weighted by molar-refractivity contribution is -0.185. The van der Waals surface area contributed by atoms with E-state index in [2.05, 4.69) is 5.32 Å². The van der Waals surface area contributed by atoms with Crippen LogP contribution in [0.25, 0.3) is 0 Å². The molecule has 3 rings (SSSR count). The van der Waals surface area contributed by atoms with Gasteiger partial charge in [0.15, 0.2) is 5.78 Å². The Morgan fingerprint density at radius 2 is 1.76 bits per heavy atom. The van der Waals surface area contributed by atoms with Crippen LogP contribution >= 0.6 is 11.6 Å². The van der Waals surface area contributed by atoms with Gasteiger partial charge in [-0.15, -0.1) is 0 Å². The number of aryl methyl sites for hydroxylation is 2. The smallest absolute Gasteiger partial charge is 0.343 e. The maximum absolute atomic E-state index is 13.0. The van der Waals surface area contributed by atoms with Crippen LogP contribution in [-0.4, -0.2) is 23.4 Å². The van der Waals surface area contributed by atoms with Crippen molar-refractivity contribution in [3.8, 4) is 0 Å². The van der Waals surface area contributed by atoms with E-state index in [1.54, 1.807) is 13.0 Å². The molecule has 3 nitrogen and oxygen atoms in total. The van der Waals surface area contributed by atoms with Crippen molar-refractivity contribution in [2.24, 2.45) is 5.92 Å². The van der Waals surface area contributed by atoms with Gasteiger partial charge in [-0.05, 0) is 62.3 Å². The van der Waals surface area contributed by atoms with E-state index in [0.717, 1.165) is 11.1 Å². The van der Waals surface area contributed by atoms with Gasteiger partial charge >= 0.3 is 6.18 Å². The Kier molecular flexibility index (Phi) is 4.38. The molecule has 25 heavy (non-hydrogen) atoms. The van der Waals surface area contributed by atoms with Crippen LogP contribution < -0.4 is 5.32 Å². The van der Waals surface area contributed by atoms with Crippen LogP contribution in [0.3, 0.4) is 0 Å². The Hall–Kier alpha value is -1.56. The largest absolute Gasteiger partial charge is 0.391 e. The second-order valence-electron chi connectivity index (χ2n) is 7.16. The van der Waals surface area contributed by atoms with Crippen molar-refractivity contribution in [1.29, 1.82) is 0 Å². The minimum absolute atomic E-state index is 0.0147. The van der Waals surface area contributed by atoms with E-state index >= 15 is 0 Å². The van der Waals surface area contributed by atoms with Gasteiger partial charge in [0.1, 0.15) is 5.92 Å². The highest BCUT2D eigenvalue weighted by Crippen LogP contribution is 2.46. The van der Waals surface area contributed by atoms with Gasteiger partial charge in [0.25, 0.3) is 0 Å². The number of Topliss-reactive ketones (excluding diaryl/α,β-unsaturated/α-hetero) is 1. The van der Waals surface area contributed by atoms with Crippen molar-refractivity contribution >= 4 is 23.3 Å². The number of alkyl halides is 3. The van der Waals surface area contributed by atoms with Gasteiger partial charge in [-0.1, -0.05) is 17.7 Å². The average Bonchev–Trinajstić information content (AvgIpc) is 2.70. The Balaban J connectivity index is 1.90. The van der Waals surface area contributed by atoms with E-state index in [1.165, 1.54) is 0 Å². The summed E-state index contributed by atoms with van der Waals surface area (Å²) in [6, 6.07) is 3.53. The lowest BCUT2D eigenvalue weighted by Crippen LogP contribution is -2.50. The molecule has 1 N–H and O–H groups in total. The van der Waals surface area contributed by atoms with Crippen LogP contribution in [0.4, 0.5) is 13.2 Å². The van der Waals surface area contributed by atoms with Crippen molar-refractivity contribution in [2.45, 2.75) is 57.2 Å². The number of rotatable bonds is 1. The molecule has 1 aliphatic heterocycles. The van der Waals surface area contributed by atoms with Crippen molar-refractivity contribution < 1.29 is 22.8 Å². The fraction of sp³-hybridized carbons (Fsp3) is 0.556. The number of hydrogen-bond acceptors (Lipinski definition) is 2. The first-order chi connectivity index (χ1) is 11.5. The first kappa shape index (κ1) is 18.2. The molecule has 2 aliphatic rings. The summed E-state index contributed by atoms with van der Waals surface area (Å²) >= 11 is 6.27. The van der Waals surface area contributed by atoms with Crippen molar-refractivity contribution in [1.82, 2.24) is 5.32 Å². The van der Waals surface area contributed by atoms with Crippen LogP contribution in [0.5, 0.6) is 0 Å². The number of nitrogens with one attached hydrogen (secondary N) is 1. The van der Waals surface area contributed by atoms with Crippen LogP contribution in [0, 0.1) is 19.8 Å². The molecule has 1 amide bonds. The highest BCUT2D eigenvalue weighted by molar-refractivity contribution is 6.33. The molecule has 0 radical (unpaired) electrons. The van der Waals surface area contributed by atoms with Crippen LogP contribution in [0.2, 0.25) is 5.02 Å². The standard InChI is InChI=1S/C18H19ClF3NO2/c1-9-7-10(2)13(12(19)8-9)14-15(24)17(23-16(14)25)5-3-11(4-6-17)18(20,21)22/h7-8,11,14H,3-6H2,1-2H3,(H,23,25). The van der Waals surface area contributed by atoms with E-state index in [9.17, 15) is 22.8 Å². The fourth-order valence-electron chi connectivity index (χ4n) is 4.13. The summed E-state index contributed by atoms with van der Waals surface area (Å²) in [6.45, 7) is 3.64. The molecule has 1 aliphatic carbocycles. The van der Waals surface area contributed by atoms with Crippen molar-refractivity contribution in [3.05, 3.63) is 33.8 Å². The second-order valence-corrected chi connectivity index (χ2v) is 7.57. The molecule has 1 aromatic carbocycles. The first-order valence-electron chi connectivity index (χ1n) is 8.25. The predicted octanol–water partition coefficient (Wildman–Crippen LogP) is 4.23. The summed E-state index contributed by atoms with van der Waals surface area (Å²) in [7, 11) is 0. The number of carbonyl (C=O) groups excluding carboxylic acids is 2. The summed E-state index contributed by atoms with van der Waals surface area (Å²) in [5.74, 6) is -3.28. The number of amides is 1. The number of halogens is 4. The second kappa shape index (κ2) is 6.01. The van der Waals surface area contributed by atoms with Crippen LogP contribution in [0.15, 0.2) is 12.1 Å². The van der Waals surface area contributed by atoms with Gasteiger partial charge in [-0.3, -0.25) is 9.59 Å². The SMILES string of the molecule is Cc1cc(C)c(C2C(=O)NC3(CCC(C(F)(F)F)CC3)C2=O)c(Cl)c1. The van der Waals surface area contributed by atoms with Gasteiger partial charge in [-0.25, -0.2) is 0 Å². The molecule has 1 atom stereocenters. The van der Waals surface area contributed by atoms with E-state index in [-0.39, 0.29) is 31.5 Å². The van der Waals surface area contributed by atoms with E-state index < -0.39 is 29.5 Å². The highest BCUT2D eigenvalue weighted by Gasteiger charge is 2.57. The zero-order valence-corrected chi connectivity index (χ0v) is 14.7. The van der Waals surface area contributed by atoms with Crippen LogP contribution in [-0.2, 0) is 9.59 Å². The first-order valence-corrected chi connectivity index (χ1v) is 8.63. The molecular weight excluding hydrogens is 355 g/mol. The van der Waals surface area contributed by atoms with E-state index in [1.807, 2.05) is 13.0 Å². The molecule has 136 valence electrons. The number of hydrogen-bond donors (Lipinski definition) is 1. The normalized spacial score (nSPS) is 30.0.